The van der Waals surface area contributed by atoms with Crippen molar-refractivity contribution in [3.05, 3.63) is 26.9 Å². The number of imidazole rings is 1. The van der Waals surface area contributed by atoms with E-state index in [0.717, 1.165) is 35.2 Å². The number of aryl methyl sites for hydroxylation is 1. The number of unbranched alkanes of at least 4 members (excludes halogenated alkanes) is 1. The van der Waals surface area contributed by atoms with Gasteiger partial charge in [0.1, 0.15) is 0 Å². The molecule has 0 unspecified atom stereocenters. The van der Waals surface area contributed by atoms with Crippen molar-refractivity contribution in [2.24, 2.45) is 0 Å². The lowest BCUT2D eigenvalue weighted by Crippen LogP contribution is -1.97. The van der Waals surface area contributed by atoms with Gasteiger partial charge in [-0.25, -0.2) is 0 Å². The number of benzene rings is 1. The first-order valence-corrected chi connectivity index (χ1v) is 6.37. The van der Waals surface area contributed by atoms with Gasteiger partial charge in [-0.3, -0.25) is 0 Å². The predicted molar refractivity (Wildman–Crippen MR) is 72.1 cm³/mol. The number of nitrogens with one attached hydrogen (secondary N) is 1. The highest BCUT2D eigenvalue weighted by molar-refractivity contribution is 7.71. The van der Waals surface area contributed by atoms with E-state index >= 15 is 0 Å². The molecule has 2 nitrogen and oxygen atoms in total. The maximum Gasteiger partial charge on any atom is 0.178 e. The summed E-state index contributed by atoms with van der Waals surface area (Å²) in [4.78, 5) is 3.14. The molecule has 1 aromatic carbocycles. The second-order valence-corrected chi connectivity index (χ2v) is 4.92. The molecular formula is C11H12Cl2N2S. The van der Waals surface area contributed by atoms with Crippen molar-refractivity contribution in [3.8, 4) is 0 Å². The van der Waals surface area contributed by atoms with Crippen LogP contribution >= 0.6 is 35.4 Å². The van der Waals surface area contributed by atoms with E-state index in [-0.39, 0.29) is 0 Å². The molecule has 2 aromatic rings. The van der Waals surface area contributed by atoms with Crippen LogP contribution in [0.4, 0.5) is 0 Å². The first kappa shape index (κ1) is 12.0. The summed E-state index contributed by atoms with van der Waals surface area (Å²) in [6.45, 7) is 3.07. The molecule has 0 amide bonds. The molecule has 0 saturated heterocycles. The summed E-state index contributed by atoms with van der Waals surface area (Å²) in [5.74, 6) is 0. The van der Waals surface area contributed by atoms with Crippen molar-refractivity contribution in [1.82, 2.24) is 9.55 Å². The van der Waals surface area contributed by atoms with E-state index in [1.165, 1.54) is 0 Å². The third-order valence-electron chi connectivity index (χ3n) is 2.55. The number of halogens is 2. The minimum Gasteiger partial charge on any atom is -0.331 e. The van der Waals surface area contributed by atoms with Crippen LogP contribution in [-0.4, -0.2) is 9.55 Å². The highest BCUT2D eigenvalue weighted by Gasteiger charge is 2.07. The first-order chi connectivity index (χ1) is 7.63. The summed E-state index contributed by atoms with van der Waals surface area (Å²) >= 11 is 17.2. The summed E-state index contributed by atoms with van der Waals surface area (Å²) in [7, 11) is 0. The number of aromatic nitrogens is 2. The van der Waals surface area contributed by atoms with Gasteiger partial charge in [0.25, 0.3) is 0 Å². The average molecular weight is 275 g/mol. The fraction of sp³-hybridized carbons (Fsp3) is 0.364. The molecule has 0 radical (unpaired) electrons. The molecule has 0 spiro atoms. The van der Waals surface area contributed by atoms with E-state index in [9.17, 15) is 0 Å². The Hall–Kier alpha value is -0.510. The molecule has 2 rings (SSSR count). The normalized spacial score (nSPS) is 11.2. The van der Waals surface area contributed by atoms with E-state index in [1.54, 1.807) is 0 Å². The van der Waals surface area contributed by atoms with Gasteiger partial charge in [0.15, 0.2) is 4.77 Å². The zero-order valence-corrected chi connectivity index (χ0v) is 11.2. The highest BCUT2D eigenvalue weighted by atomic mass is 35.5. The second-order valence-electron chi connectivity index (χ2n) is 3.72. The van der Waals surface area contributed by atoms with Gasteiger partial charge in [0, 0.05) is 6.54 Å². The zero-order chi connectivity index (χ0) is 11.7. The number of nitrogens with zero attached hydrogens (tertiary/aromatic N) is 1. The van der Waals surface area contributed by atoms with E-state index < -0.39 is 0 Å². The van der Waals surface area contributed by atoms with Crippen molar-refractivity contribution in [2.45, 2.75) is 26.3 Å². The molecule has 16 heavy (non-hydrogen) atoms. The van der Waals surface area contributed by atoms with Crippen molar-refractivity contribution in [1.29, 1.82) is 0 Å². The number of aromatic amines is 1. The lowest BCUT2D eigenvalue weighted by molar-refractivity contribution is 0.639. The van der Waals surface area contributed by atoms with E-state index in [2.05, 4.69) is 16.5 Å². The fourth-order valence-corrected chi connectivity index (χ4v) is 2.31. The maximum atomic E-state index is 6.01. The largest absolute Gasteiger partial charge is 0.331 e. The Morgan fingerprint density at radius 1 is 1.31 bits per heavy atom. The Kier molecular flexibility index (Phi) is 3.57. The average Bonchev–Trinajstić information content (AvgIpc) is 2.52. The number of fused-ring (bicyclic) bond motifs is 1. The summed E-state index contributed by atoms with van der Waals surface area (Å²) in [6.07, 6.45) is 2.23. The molecule has 0 bridgehead atoms. The molecular weight excluding hydrogens is 263 g/mol. The number of rotatable bonds is 3. The fourth-order valence-electron chi connectivity index (χ4n) is 1.69. The Morgan fingerprint density at radius 2 is 2.00 bits per heavy atom. The van der Waals surface area contributed by atoms with Crippen molar-refractivity contribution in [2.75, 3.05) is 0 Å². The predicted octanol–water partition coefficient (Wildman–Crippen LogP) is 4.81. The maximum absolute atomic E-state index is 6.01. The van der Waals surface area contributed by atoms with Crippen LogP contribution in [0.25, 0.3) is 11.0 Å². The van der Waals surface area contributed by atoms with Gasteiger partial charge in [-0.15, -0.1) is 0 Å². The number of hydrogen-bond donors (Lipinski definition) is 1. The van der Waals surface area contributed by atoms with Gasteiger partial charge in [-0.1, -0.05) is 36.5 Å². The smallest absolute Gasteiger partial charge is 0.178 e. The molecule has 0 atom stereocenters. The van der Waals surface area contributed by atoms with Crippen molar-refractivity contribution < 1.29 is 0 Å². The lowest BCUT2D eigenvalue weighted by atomic mass is 10.3. The Balaban J connectivity index is 2.60. The zero-order valence-electron chi connectivity index (χ0n) is 8.89. The lowest BCUT2D eigenvalue weighted by Gasteiger charge is -2.03. The second kappa shape index (κ2) is 4.78. The van der Waals surface area contributed by atoms with Crippen LogP contribution in [0.1, 0.15) is 19.8 Å². The van der Waals surface area contributed by atoms with Gasteiger partial charge in [-0.05, 0) is 30.8 Å². The van der Waals surface area contributed by atoms with Gasteiger partial charge in [0.2, 0.25) is 0 Å². The third-order valence-corrected chi connectivity index (χ3v) is 3.60. The number of hydrogen-bond acceptors (Lipinski definition) is 1. The molecule has 0 saturated carbocycles. The summed E-state index contributed by atoms with van der Waals surface area (Å²) in [6, 6.07) is 3.68. The minimum absolute atomic E-state index is 0.549. The molecule has 0 aliphatic carbocycles. The van der Waals surface area contributed by atoms with Crippen LogP contribution in [0.15, 0.2) is 12.1 Å². The van der Waals surface area contributed by atoms with Gasteiger partial charge < -0.3 is 9.55 Å². The Labute approximate surface area is 109 Å². The van der Waals surface area contributed by atoms with Crippen molar-refractivity contribution >= 4 is 46.5 Å². The third kappa shape index (κ3) is 2.12. The SMILES string of the molecule is CCCCn1c(=S)[nH]c2cc(Cl)c(Cl)cc21. The minimum atomic E-state index is 0.549. The Morgan fingerprint density at radius 3 is 2.69 bits per heavy atom. The quantitative estimate of drug-likeness (QED) is 0.797. The molecule has 0 aliphatic heterocycles. The molecule has 1 N–H and O–H groups in total. The molecule has 1 heterocycles. The van der Waals surface area contributed by atoms with Crippen LogP contribution in [-0.2, 0) is 6.54 Å². The van der Waals surface area contributed by atoms with Crippen LogP contribution in [0.3, 0.4) is 0 Å². The topological polar surface area (TPSA) is 20.7 Å². The summed E-state index contributed by atoms with van der Waals surface area (Å²) in [5.41, 5.74) is 1.96. The highest BCUT2D eigenvalue weighted by Crippen LogP contribution is 2.27. The van der Waals surface area contributed by atoms with Crippen LogP contribution in [0, 0.1) is 4.77 Å². The van der Waals surface area contributed by atoms with Gasteiger partial charge in [-0.2, -0.15) is 0 Å². The first-order valence-electron chi connectivity index (χ1n) is 5.21. The van der Waals surface area contributed by atoms with Gasteiger partial charge >= 0.3 is 0 Å². The molecule has 0 fully saturated rings. The van der Waals surface area contributed by atoms with E-state index in [0.29, 0.717) is 10.0 Å². The molecule has 0 aliphatic rings. The summed E-state index contributed by atoms with van der Waals surface area (Å²) in [5, 5.41) is 1.11. The van der Waals surface area contributed by atoms with Crippen LogP contribution in [0.2, 0.25) is 10.0 Å². The summed E-state index contributed by atoms with van der Waals surface area (Å²) < 4.78 is 2.79. The number of H-pyrrole nitrogens is 1. The molecule has 86 valence electrons. The Bertz CT molecular complexity index is 571. The van der Waals surface area contributed by atoms with E-state index in [4.69, 9.17) is 35.4 Å². The van der Waals surface area contributed by atoms with E-state index in [1.807, 2.05) is 12.1 Å². The van der Waals surface area contributed by atoms with Crippen LogP contribution in [0.5, 0.6) is 0 Å². The molecule has 1 aromatic heterocycles. The standard InChI is InChI=1S/C11H12Cl2N2S/c1-2-3-4-15-10-6-8(13)7(12)5-9(10)14-11(15)16/h5-6H,2-4H2,1H3,(H,14,16). The van der Waals surface area contributed by atoms with Crippen LogP contribution < -0.4 is 0 Å². The van der Waals surface area contributed by atoms with Crippen molar-refractivity contribution in [3.63, 3.8) is 0 Å². The monoisotopic (exact) mass is 274 g/mol. The molecule has 5 heteroatoms. The van der Waals surface area contributed by atoms with Gasteiger partial charge in [0.05, 0.1) is 21.1 Å².